The number of hydrogen-bond acceptors (Lipinski definition) is 3. The SMILES string of the molecule is Cl.NCCN(CCc1ccccc1)C(=O)c1ccc(-n2cc[nH]c2=O)cc1. The van der Waals surface area contributed by atoms with Crippen LogP contribution in [0.3, 0.4) is 0 Å². The molecule has 6 nitrogen and oxygen atoms in total. The van der Waals surface area contributed by atoms with Gasteiger partial charge in [0.15, 0.2) is 0 Å². The number of amides is 1. The minimum Gasteiger partial charge on any atom is -0.337 e. The molecule has 1 heterocycles. The zero-order valence-electron chi connectivity index (χ0n) is 14.9. The Morgan fingerprint density at radius 3 is 2.33 bits per heavy atom. The molecule has 0 saturated heterocycles. The van der Waals surface area contributed by atoms with Crippen molar-refractivity contribution in [1.82, 2.24) is 14.5 Å². The first-order valence-electron chi connectivity index (χ1n) is 8.59. The Kier molecular flexibility index (Phi) is 7.40. The quantitative estimate of drug-likeness (QED) is 0.653. The lowest BCUT2D eigenvalue weighted by atomic mass is 10.1. The van der Waals surface area contributed by atoms with Gasteiger partial charge in [-0.05, 0) is 36.2 Å². The summed E-state index contributed by atoms with van der Waals surface area (Å²) in [5, 5.41) is 0. The maximum absolute atomic E-state index is 12.8. The lowest BCUT2D eigenvalue weighted by Gasteiger charge is -2.22. The van der Waals surface area contributed by atoms with Crippen LogP contribution in [0.5, 0.6) is 0 Å². The van der Waals surface area contributed by atoms with Crippen LogP contribution < -0.4 is 11.4 Å². The maximum atomic E-state index is 12.8. The Bertz CT molecular complexity index is 903. The van der Waals surface area contributed by atoms with Gasteiger partial charge in [0.2, 0.25) is 0 Å². The summed E-state index contributed by atoms with van der Waals surface area (Å²) in [7, 11) is 0. The fourth-order valence-electron chi connectivity index (χ4n) is 2.85. The molecule has 0 spiro atoms. The third kappa shape index (κ3) is 5.09. The molecule has 3 aromatic rings. The highest BCUT2D eigenvalue weighted by molar-refractivity contribution is 5.94. The number of aromatic amines is 1. The summed E-state index contributed by atoms with van der Waals surface area (Å²) < 4.78 is 1.49. The summed E-state index contributed by atoms with van der Waals surface area (Å²) >= 11 is 0. The fourth-order valence-corrected chi connectivity index (χ4v) is 2.85. The van der Waals surface area contributed by atoms with Gasteiger partial charge in [-0.2, -0.15) is 0 Å². The number of H-pyrrole nitrogens is 1. The number of halogens is 1. The van der Waals surface area contributed by atoms with Crippen molar-refractivity contribution in [2.45, 2.75) is 6.42 Å². The van der Waals surface area contributed by atoms with Crippen molar-refractivity contribution in [3.8, 4) is 5.69 Å². The Labute approximate surface area is 164 Å². The summed E-state index contributed by atoms with van der Waals surface area (Å²) in [4.78, 5) is 28.8. The molecule has 27 heavy (non-hydrogen) atoms. The normalized spacial score (nSPS) is 10.3. The molecule has 1 amide bonds. The molecule has 2 aromatic carbocycles. The van der Waals surface area contributed by atoms with Crippen LogP contribution in [0.1, 0.15) is 15.9 Å². The second-order valence-electron chi connectivity index (χ2n) is 6.00. The van der Waals surface area contributed by atoms with Crippen LogP contribution in [0.4, 0.5) is 0 Å². The smallest absolute Gasteiger partial charge is 0.330 e. The third-order valence-electron chi connectivity index (χ3n) is 4.24. The lowest BCUT2D eigenvalue weighted by Crippen LogP contribution is -2.37. The van der Waals surface area contributed by atoms with Gasteiger partial charge in [-0.3, -0.25) is 9.36 Å². The summed E-state index contributed by atoms with van der Waals surface area (Å²) in [6.07, 6.45) is 4.01. The molecule has 0 saturated carbocycles. The molecule has 0 unspecified atom stereocenters. The van der Waals surface area contributed by atoms with Gasteiger partial charge in [-0.15, -0.1) is 12.4 Å². The molecule has 1 aromatic heterocycles. The van der Waals surface area contributed by atoms with E-state index in [1.807, 2.05) is 18.2 Å². The Balaban J connectivity index is 0.00000261. The van der Waals surface area contributed by atoms with Crippen LogP contribution in [0.15, 0.2) is 71.8 Å². The van der Waals surface area contributed by atoms with E-state index in [2.05, 4.69) is 17.1 Å². The van der Waals surface area contributed by atoms with Crippen molar-refractivity contribution in [3.05, 3.63) is 88.6 Å². The number of aromatic nitrogens is 2. The van der Waals surface area contributed by atoms with E-state index in [0.717, 1.165) is 6.42 Å². The van der Waals surface area contributed by atoms with Crippen molar-refractivity contribution in [3.63, 3.8) is 0 Å². The maximum Gasteiger partial charge on any atom is 0.330 e. The van der Waals surface area contributed by atoms with Crippen LogP contribution in [0, 0.1) is 0 Å². The predicted octanol–water partition coefficient (Wildman–Crippen LogP) is 2.23. The molecule has 0 aliphatic heterocycles. The van der Waals surface area contributed by atoms with Crippen LogP contribution in [0.2, 0.25) is 0 Å². The topological polar surface area (TPSA) is 84.1 Å². The summed E-state index contributed by atoms with van der Waals surface area (Å²) in [6, 6.07) is 17.1. The van der Waals surface area contributed by atoms with E-state index in [1.165, 1.54) is 10.1 Å². The van der Waals surface area contributed by atoms with E-state index in [1.54, 1.807) is 41.6 Å². The molecule has 0 bridgehead atoms. The van der Waals surface area contributed by atoms with Crippen molar-refractivity contribution in [2.24, 2.45) is 5.73 Å². The van der Waals surface area contributed by atoms with Gasteiger partial charge in [0.25, 0.3) is 5.91 Å². The van der Waals surface area contributed by atoms with Gasteiger partial charge in [-0.25, -0.2) is 4.79 Å². The van der Waals surface area contributed by atoms with Gasteiger partial charge in [0, 0.05) is 37.6 Å². The number of rotatable bonds is 7. The minimum atomic E-state index is -0.211. The molecule has 3 rings (SSSR count). The van der Waals surface area contributed by atoms with Gasteiger partial charge < -0.3 is 15.6 Å². The number of nitrogens with one attached hydrogen (secondary N) is 1. The molecule has 0 aliphatic carbocycles. The van der Waals surface area contributed by atoms with E-state index < -0.39 is 0 Å². The van der Waals surface area contributed by atoms with E-state index in [-0.39, 0.29) is 24.0 Å². The molecule has 142 valence electrons. The van der Waals surface area contributed by atoms with Crippen molar-refractivity contribution in [1.29, 1.82) is 0 Å². The number of nitrogens with zero attached hydrogens (tertiary/aromatic N) is 2. The van der Waals surface area contributed by atoms with Gasteiger partial charge in [-0.1, -0.05) is 30.3 Å². The van der Waals surface area contributed by atoms with Crippen LogP contribution in [-0.4, -0.2) is 40.0 Å². The number of benzene rings is 2. The predicted molar refractivity (Wildman–Crippen MR) is 109 cm³/mol. The molecule has 0 atom stereocenters. The number of imidazole rings is 1. The average molecular weight is 387 g/mol. The largest absolute Gasteiger partial charge is 0.337 e. The summed E-state index contributed by atoms with van der Waals surface area (Å²) in [5.41, 5.74) is 7.95. The monoisotopic (exact) mass is 386 g/mol. The number of hydrogen-bond donors (Lipinski definition) is 2. The number of nitrogens with two attached hydrogens (primary N) is 1. The third-order valence-corrected chi connectivity index (χ3v) is 4.24. The second kappa shape index (κ2) is 9.75. The van der Waals surface area contributed by atoms with E-state index in [9.17, 15) is 9.59 Å². The molecule has 0 aliphatic rings. The Morgan fingerprint density at radius 2 is 1.74 bits per heavy atom. The average Bonchev–Trinajstić information content (AvgIpc) is 3.11. The number of carbonyl (C=O) groups is 1. The fraction of sp³-hybridized carbons (Fsp3) is 0.200. The molecule has 7 heteroatoms. The highest BCUT2D eigenvalue weighted by atomic mass is 35.5. The molecular formula is C20H23ClN4O2. The zero-order chi connectivity index (χ0) is 18.4. The van der Waals surface area contributed by atoms with Gasteiger partial charge >= 0.3 is 5.69 Å². The highest BCUT2D eigenvalue weighted by Gasteiger charge is 2.15. The Morgan fingerprint density at radius 1 is 1.04 bits per heavy atom. The minimum absolute atomic E-state index is 0. The van der Waals surface area contributed by atoms with Crippen LogP contribution in [0.25, 0.3) is 5.69 Å². The van der Waals surface area contributed by atoms with Crippen LogP contribution in [-0.2, 0) is 6.42 Å². The first-order chi connectivity index (χ1) is 12.7. The van der Waals surface area contributed by atoms with Crippen molar-refractivity contribution < 1.29 is 4.79 Å². The lowest BCUT2D eigenvalue weighted by molar-refractivity contribution is 0.0762. The summed E-state index contributed by atoms with van der Waals surface area (Å²) in [5.74, 6) is -0.0562. The standard InChI is InChI=1S/C20H22N4O2.ClH/c21-11-14-23(13-10-16-4-2-1-3-5-16)19(25)17-6-8-18(9-7-17)24-15-12-22-20(24)26;/h1-9,12,15H,10-11,13-14,21H2,(H,22,26);1H. The Hall–Kier alpha value is -2.83. The van der Waals surface area contributed by atoms with E-state index in [0.29, 0.717) is 30.9 Å². The first-order valence-corrected chi connectivity index (χ1v) is 8.59. The molecule has 0 radical (unpaired) electrons. The molecule has 3 N–H and O–H groups in total. The second-order valence-corrected chi connectivity index (χ2v) is 6.00. The summed E-state index contributed by atoms with van der Waals surface area (Å²) in [6.45, 7) is 1.53. The zero-order valence-corrected chi connectivity index (χ0v) is 15.7. The van der Waals surface area contributed by atoms with E-state index in [4.69, 9.17) is 5.73 Å². The first kappa shape index (κ1) is 20.5. The molecule has 0 fully saturated rings. The number of carbonyl (C=O) groups excluding carboxylic acids is 1. The van der Waals surface area contributed by atoms with Gasteiger partial charge in [0.1, 0.15) is 0 Å². The van der Waals surface area contributed by atoms with Crippen LogP contribution >= 0.6 is 12.4 Å². The van der Waals surface area contributed by atoms with Gasteiger partial charge in [0.05, 0.1) is 5.69 Å². The van der Waals surface area contributed by atoms with Crippen molar-refractivity contribution in [2.75, 3.05) is 19.6 Å². The highest BCUT2D eigenvalue weighted by Crippen LogP contribution is 2.11. The molecular weight excluding hydrogens is 364 g/mol. The van der Waals surface area contributed by atoms with E-state index >= 15 is 0 Å². The van der Waals surface area contributed by atoms with Crippen molar-refractivity contribution >= 4 is 18.3 Å².